The summed E-state index contributed by atoms with van der Waals surface area (Å²) in [6.45, 7) is 2.79. The average Bonchev–Trinajstić information content (AvgIpc) is 3.24. The minimum absolute atomic E-state index is 0.203. The van der Waals surface area contributed by atoms with Crippen LogP contribution in [0.4, 0.5) is 0 Å². The summed E-state index contributed by atoms with van der Waals surface area (Å²) in [5.74, 6) is -0.203. The first-order valence-corrected chi connectivity index (χ1v) is 34.9. The predicted molar refractivity (Wildman–Crippen MR) is 341 cm³/mol. The zero-order valence-electron chi connectivity index (χ0n) is 53.4. The number of carbonyl (C=O) groups excluding carboxylic acids is 1. The first-order valence-electron chi connectivity index (χ1n) is 34.9. The number of amides is 1. The van der Waals surface area contributed by atoms with Crippen molar-refractivity contribution in [2.24, 2.45) is 0 Å². The molecule has 9 N–H and O–H groups in total. The largest absolute Gasteiger partial charge is 0.394 e. The van der Waals surface area contributed by atoms with Crippen molar-refractivity contribution in [3.63, 3.8) is 0 Å². The van der Waals surface area contributed by atoms with Gasteiger partial charge in [0, 0.05) is 6.42 Å². The molecule has 84 heavy (non-hydrogen) atoms. The topological polar surface area (TPSA) is 228 Å². The summed E-state index contributed by atoms with van der Waals surface area (Å²) in [5, 5.41) is 87.6. The van der Waals surface area contributed by atoms with Gasteiger partial charge in [-0.15, -0.1) is 0 Å². The summed E-state index contributed by atoms with van der Waals surface area (Å²) in [6, 6.07) is -0.830. The minimum Gasteiger partial charge on any atom is -0.394 e. The molecule has 2 saturated heterocycles. The van der Waals surface area contributed by atoms with Crippen LogP contribution in [-0.2, 0) is 23.7 Å². The van der Waals surface area contributed by atoms with Gasteiger partial charge in [0.1, 0.15) is 48.8 Å². The van der Waals surface area contributed by atoms with Gasteiger partial charge in [0.2, 0.25) is 5.91 Å². The molecule has 0 aromatic rings. The number of hydrogen-bond donors (Lipinski definition) is 9. The molecule has 1 amide bonds. The van der Waals surface area contributed by atoms with Crippen LogP contribution in [0.25, 0.3) is 0 Å². The SMILES string of the molecule is CC/C=C\C/C=C\C/C=C\C/C=C\CCCCCCCCCCCCCCCCCCC(=O)NC(COC1OC(CO)C(OC2OC(CO)C(O)C(O)C2O)C(O)C1O)C(O)CCCCCCCCCCCCCCCCCCCCCCC. The number of rotatable bonds is 57. The smallest absolute Gasteiger partial charge is 0.220 e. The Bertz CT molecular complexity index is 1590. The Hall–Kier alpha value is -2.05. The number of allylic oxidation sites excluding steroid dienone is 8. The first-order chi connectivity index (χ1) is 41.1. The second kappa shape index (κ2) is 55.1. The number of unbranched alkanes of at least 4 members (excludes halogenated alkanes) is 36. The van der Waals surface area contributed by atoms with Crippen LogP contribution in [0.5, 0.6) is 0 Å². The van der Waals surface area contributed by atoms with Gasteiger partial charge in [0.15, 0.2) is 12.6 Å². The van der Waals surface area contributed by atoms with Crippen molar-refractivity contribution in [3.05, 3.63) is 48.6 Å². The zero-order chi connectivity index (χ0) is 60.9. The fraction of sp³-hybridized carbons (Fsp3) is 0.871. The van der Waals surface area contributed by atoms with Crippen LogP contribution in [0.2, 0.25) is 0 Å². The molecule has 2 heterocycles. The van der Waals surface area contributed by atoms with Gasteiger partial charge in [-0.1, -0.05) is 287 Å². The third kappa shape index (κ3) is 39.1. The van der Waals surface area contributed by atoms with Gasteiger partial charge in [0.25, 0.3) is 0 Å². The van der Waals surface area contributed by atoms with Crippen molar-refractivity contribution in [1.82, 2.24) is 5.32 Å². The molecule has 2 fully saturated rings. The average molecular weight is 1190 g/mol. The van der Waals surface area contributed by atoms with E-state index in [0.717, 1.165) is 77.0 Å². The number of aliphatic hydroxyl groups excluding tert-OH is 8. The van der Waals surface area contributed by atoms with Crippen LogP contribution in [0.1, 0.15) is 296 Å². The van der Waals surface area contributed by atoms with Crippen molar-refractivity contribution in [2.45, 2.75) is 370 Å². The van der Waals surface area contributed by atoms with Gasteiger partial charge in [-0.2, -0.15) is 0 Å². The lowest BCUT2D eigenvalue weighted by atomic mass is 9.97. The predicted octanol–water partition coefficient (Wildman–Crippen LogP) is 13.9. The molecule has 2 aliphatic heterocycles. The van der Waals surface area contributed by atoms with Gasteiger partial charge in [-0.05, 0) is 51.4 Å². The van der Waals surface area contributed by atoms with Crippen LogP contribution in [0.15, 0.2) is 48.6 Å². The van der Waals surface area contributed by atoms with E-state index in [0.29, 0.717) is 12.8 Å². The molecule has 14 nitrogen and oxygen atoms in total. The van der Waals surface area contributed by atoms with Crippen LogP contribution in [0, 0.1) is 0 Å². The fourth-order valence-corrected chi connectivity index (χ4v) is 11.5. The van der Waals surface area contributed by atoms with E-state index in [9.17, 15) is 45.6 Å². The highest BCUT2D eigenvalue weighted by molar-refractivity contribution is 5.76. The van der Waals surface area contributed by atoms with E-state index in [1.54, 1.807) is 0 Å². The summed E-state index contributed by atoms with van der Waals surface area (Å²) in [5.41, 5.74) is 0. The van der Waals surface area contributed by atoms with Gasteiger partial charge >= 0.3 is 0 Å². The lowest BCUT2D eigenvalue weighted by Crippen LogP contribution is -2.65. The number of nitrogens with one attached hydrogen (secondary N) is 1. The molecule has 2 rings (SSSR count). The molecule has 492 valence electrons. The van der Waals surface area contributed by atoms with E-state index < -0.39 is 86.8 Å². The fourth-order valence-electron chi connectivity index (χ4n) is 11.5. The highest BCUT2D eigenvalue weighted by Gasteiger charge is 2.51. The monoisotopic (exact) mass is 1190 g/mol. The third-order valence-corrected chi connectivity index (χ3v) is 17.1. The maximum absolute atomic E-state index is 13.4. The number of ether oxygens (including phenoxy) is 4. The van der Waals surface area contributed by atoms with E-state index in [4.69, 9.17) is 18.9 Å². The van der Waals surface area contributed by atoms with E-state index in [2.05, 4.69) is 67.8 Å². The van der Waals surface area contributed by atoms with E-state index in [1.165, 1.54) is 193 Å². The summed E-state index contributed by atoms with van der Waals surface area (Å²) in [7, 11) is 0. The summed E-state index contributed by atoms with van der Waals surface area (Å²) in [4.78, 5) is 13.4. The maximum Gasteiger partial charge on any atom is 0.220 e. The molecule has 12 atom stereocenters. The van der Waals surface area contributed by atoms with Crippen molar-refractivity contribution in [1.29, 1.82) is 0 Å². The molecule has 0 radical (unpaired) electrons. The number of carbonyl (C=O) groups is 1. The standard InChI is InChI=1S/C70H129NO13/c1-3-5-7-9-11-13-15-17-19-21-23-25-26-27-28-29-30-31-32-34-36-38-40-42-44-46-48-50-52-54-62(75)71-58(59(74)53-51-49-47-45-43-41-39-37-35-33-24-22-20-18-16-14-12-10-8-6-4-2)57-81-69-67(80)65(78)68(61(56-73)83-69)84-70-66(79)64(77)63(76)60(55-72)82-70/h5,7,11,13,17,19,23,25,58-61,63-70,72-74,76-80H,3-4,6,8-10,12,14-16,18,20-22,24,26-57H2,1-2H3,(H,71,75)/b7-5-,13-11-,19-17-,25-23-. The Balaban J connectivity index is 1.66. The Morgan fingerprint density at radius 2 is 0.821 bits per heavy atom. The first kappa shape index (κ1) is 78.0. The summed E-state index contributed by atoms with van der Waals surface area (Å²) >= 11 is 0. The second-order valence-electron chi connectivity index (χ2n) is 24.6. The molecular weight excluding hydrogens is 1060 g/mol. The Morgan fingerprint density at radius 1 is 0.440 bits per heavy atom. The summed E-state index contributed by atoms with van der Waals surface area (Å²) in [6.07, 6.45) is 54.0. The molecule has 0 aromatic carbocycles. The van der Waals surface area contributed by atoms with Gasteiger partial charge < -0.3 is 65.1 Å². The van der Waals surface area contributed by atoms with Crippen molar-refractivity contribution in [3.8, 4) is 0 Å². The van der Waals surface area contributed by atoms with Crippen molar-refractivity contribution < 1.29 is 64.6 Å². The third-order valence-electron chi connectivity index (χ3n) is 17.1. The lowest BCUT2D eigenvalue weighted by molar-refractivity contribution is -0.359. The van der Waals surface area contributed by atoms with Crippen molar-refractivity contribution in [2.75, 3.05) is 19.8 Å². The second-order valence-corrected chi connectivity index (χ2v) is 24.6. The molecular formula is C70H129NO13. The highest BCUT2D eigenvalue weighted by atomic mass is 16.7. The Morgan fingerprint density at radius 3 is 1.26 bits per heavy atom. The van der Waals surface area contributed by atoms with Gasteiger partial charge in [0.05, 0.1) is 32.0 Å². The summed E-state index contributed by atoms with van der Waals surface area (Å²) < 4.78 is 22.9. The van der Waals surface area contributed by atoms with Crippen LogP contribution < -0.4 is 5.32 Å². The van der Waals surface area contributed by atoms with Gasteiger partial charge in [-0.25, -0.2) is 0 Å². The van der Waals surface area contributed by atoms with Crippen molar-refractivity contribution >= 4 is 5.91 Å². The highest BCUT2D eigenvalue weighted by Crippen LogP contribution is 2.30. The molecule has 2 aliphatic rings. The Labute approximate surface area is 512 Å². The normalized spacial score (nSPS) is 23.9. The molecule has 14 heteroatoms. The van der Waals surface area contributed by atoms with E-state index >= 15 is 0 Å². The molecule has 0 bridgehead atoms. The van der Waals surface area contributed by atoms with Crippen LogP contribution >= 0.6 is 0 Å². The van der Waals surface area contributed by atoms with E-state index in [1.807, 2.05) is 0 Å². The number of hydrogen-bond acceptors (Lipinski definition) is 13. The molecule has 0 spiro atoms. The number of aliphatic hydroxyl groups is 8. The Kier molecular flexibility index (Phi) is 51.1. The van der Waals surface area contributed by atoms with Crippen LogP contribution in [-0.4, -0.2) is 140 Å². The minimum atomic E-state index is -1.78. The molecule has 0 aromatic heterocycles. The quantitative estimate of drug-likeness (QED) is 0.0204. The maximum atomic E-state index is 13.4. The lowest BCUT2D eigenvalue weighted by Gasteiger charge is -2.46. The molecule has 12 unspecified atom stereocenters. The molecule has 0 aliphatic carbocycles. The van der Waals surface area contributed by atoms with Gasteiger partial charge in [-0.3, -0.25) is 4.79 Å². The molecule has 0 saturated carbocycles. The van der Waals surface area contributed by atoms with Crippen LogP contribution in [0.3, 0.4) is 0 Å². The zero-order valence-corrected chi connectivity index (χ0v) is 53.4. The van der Waals surface area contributed by atoms with E-state index in [-0.39, 0.29) is 12.5 Å².